The largest absolute Gasteiger partial charge is 0.461 e. The van der Waals surface area contributed by atoms with Gasteiger partial charge in [0.15, 0.2) is 5.76 Å². The molecule has 2 N–H and O–H groups in total. The van der Waals surface area contributed by atoms with E-state index in [1.165, 1.54) is 23.7 Å². The molecule has 2 rings (SSSR count). The summed E-state index contributed by atoms with van der Waals surface area (Å²) in [7, 11) is 0. The molecule has 2 heterocycles. The van der Waals surface area contributed by atoms with Gasteiger partial charge in [-0.2, -0.15) is 0 Å². The summed E-state index contributed by atoms with van der Waals surface area (Å²) in [5.74, 6) is -1.39. The Bertz CT molecular complexity index is 688. The van der Waals surface area contributed by atoms with E-state index >= 15 is 0 Å². The van der Waals surface area contributed by atoms with Crippen LogP contribution in [-0.2, 0) is 16.1 Å². The van der Waals surface area contributed by atoms with E-state index in [2.05, 4.69) is 17.2 Å². The van der Waals surface area contributed by atoms with Crippen LogP contribution in [0.3, 0.4) is 0 Å². The third kappa shape index (κ3) is 3.92. The lowest BCUT2D eigenvalue weighted by molar-refractivity contribution is -0.139. The second-order valence-electron chi connectivity index (χ2n) is 4.25. The van der Waals surface area contributed by atoms with Gasteiger partial charge >= 0.3 is 11.8 Å². The Balaban J connectivity index is 1.90. The lowest BCUT2D eigenvalue weighted by atomic mass is 10.2. The van der Waals surface area contributed by atoms with E-state index in [1.54, 1.807) is 24.3 Å². The van der Waals surface area contributed by atoms with Crippen molar-refractivity contribution in [3.63, 3.8) is 0 Å². The Hall–Kier alpha value is -2.67. The van der Waals surface area contributed by atoms with Crippen LogP contribution >= 0.6 is 11.3 Å². The lowest BCUT2D eigenvalue weighted by Crippen LogP contribution is -2.39. The summed E-state index contributed by atoms with van der Waals surface area (Å²) in [5.41, 5.74) is 0. The quantitative estimate of drug-likeness (QED) is 0.480. The van der Waals surface area contributed by atoms with Crippen LogP contribution in [0.5, 0.6) is 0 Å². The van der Waals surface area contributed by atoms with Gasteiger partial charge in [-0.05, 0) is 24.3 Å². The molecule has 0 aromatic carbocycles. The van der Waals surface area contributed by atoms with Crippen LogP contribution in [0.4, 0.5) is 0 Å². The van der Waals surface area contributed by atoms with Gasteiger partial charge in [0.25, 0.3) is 0 Å². The first kappa shape index (κ1) is 15.7. The zero-order valence-corrected chi connectivity index (χ0v) is 12.4. The number of amides is 2. The Morgan fingerprint density at radius 3 is 2.64 bits per heavy atom. The van der Waals surface area contributed by atoms with Gasteiger partial charge in [-0.25, -0.2) is 0 Å². The van der Waals surface area contributed by atoms with Crippen molar-refractivity contribution in [2.24, 2.45) is 0 Å². The van der Waals surface area contributed by atoms with Gasteiger partial charge in [0.1, 0.15) is 0 Å². The molecule has 0 radical (unpaired) electrons. The second-order valence-corrected chi connectivity index (χ2v) is 5.42. The molecular weight excluding hydrogens is 304 g/mol. The maximum atomic E-state index is 12.0. The van der Waals surface area contributed by atoms with E-state index in [0.717, 1.165) is 4.88 Å². The molecule has 6 nitrogen and oxygen atoms in total. The molecule has 2 amide bonds. The molecule has 0 atom stereocenters. The summed E-state index contributed by atoms with van der Waals surface area (Å²) in [6.07, 6.45) is 2.92. The van der Waals surface area contributed by atoms with E-state index in [0.29, 0.717) is 4.88 Å². The molecule has 0 saturated carbocycles. The van der Waals surface area contributed by atoms with Crippen molar-refractivity contribution >= 4 is 28.9 Å². The Labute approximate surface area is 130 Å². The van der Waals surface area contributed by atoms with E-state index in [9.17, 15) is 14.4 Å². The van der Waals surface area contributed by atoms with Gasteiger partial charge in [-0.3, -0.25) is 14.4 Å². The highest BCUT2D eigenvalue weighted by Gasteiger charge is 2.16. The van der Waals surface area contributed by atoms with Crippen molar-refractivity contribution < 1.29 is 18.8 Å². The van der Waals surface area contributed by atoms with E-state index < -0.39 is 11.8 Å². The third-order valence-corrected chi connectivity index (χ3v) is 3.75. The monoisotopic (exact) mass is 318 g/mol. The fraction of sp³-hybridized carbons (Fsp3) is 0.133. The van der Waals surface area contributed by atoms with E-state index in [1.807, 2.05) is 0 Å². The van der Waals surface area contributed by atoms with Crippen LogP contribution in [0.25, 0.3) is 0 Å². The topological polar surface area (TPSA) is 88.4 Å². The third-order valence-electron chi connectivity index (χ3n) is 2.67. The fourth-order valence-corrected chi connectivity index (χ4v) is 2.51. The molecule has 0 bridgehead atoms. The number of furan rings is 1. The van der Waals surface area contributed by atoms with Crippen LogP contribution in [0.2, 0.25) is 0 Å². The first-order valence-corrected chi connectivity index (χ1v) is 7.27. The molecule has 0 aliphatic heterocycles. The molecule has 2 aromatic rings. The molecule has 7 heteroatoms. The summed E-state index contributed by atoms with van der Waals surface area (Å²) in [4.78, 5) is 36.2. The molecular formula is C15H14N2O4S. The molecule has 0 aliphatic carbocycles. The first-order valence-electron chi connectivity index (χ1n) is 6.45. The predicted molar refractivity (Wildman–Crippen MR) is 81.5 cm³/mol. The van der Waals surface area contributed by atoms with Crippen molar-refractivity contribution in [3.05, 3.63) is 58.7 Å². The minimum atomic E-state index is -0.728. The average Bonchev–Trinajstić information content (AvgIpc) is 3.20. The highest BCUT2D eigenvalue weighted by Crippen LogP contribution is 2.20. The smallest absolute Gasteiger partial charge is 0.309 e. The Morgan fingerprint density at radius 2 is 1.95 bits per heavy atom. The van der Waals surface area contributed by atoms with Crippen LogP contribution in [0, 0.1) is 0 Å². The van der Waals surface area contributed by atoms with Gasteiger partial charge in [-0.1, -0.05) is 6.08 Å². The summed E-state index contributed by atoms with van der Waals surface area (Å²) in [5, 5.41) is 4.86. The highest BCUT2D eigenvalue weighted by atomic mass is 32.1. The molecule has 0 fully saturated rings. The molecule has 0 saturated heterocycles. The summed E-state index contributed by atoms with van der Waals surface area (Å²) >= 11 is 1.24. The van der Waals surface area contributed by atoms with Crippen LogP contribution in [-0.4, -0.2) is 24.1 Å². The lowest BCUT2D eigenvalue weighted by Gasteiger charge is -2.03. The van der Waals surface area contributed by atoms with Gasteiger partial charge in [-0.15, -0.1) is 17.9 Å². The number of carbonyl (C=O) groups excluding carboxylic acids is 3. The van der Waals surface area contributed by atoms with Crippen molar-refractivity contribution in [2.45, 2.75) is 6.54 Å². The van der Waals surface area contributed by atoms with E-state index in [4.69, 9.17) is 4.42 Å². The Kier molecular flexibility index (Phi) is 5.26. The van der Waals surface area contributed by atoms with Crippen molar-refractivity contribution in [1.29, 1.82) is 0 Å². The normalized spacial score (nSPS) is 10.0. The van der Waals surface area contributed by atoms with Crippen molar-refractivity contribution in [3.8, 4) is 0 Å². The molecule has 0 spiro atoms. The van der Waals surface area contributed by atoms with Gasteiger partial charge in [0.2, 0.25) is 5.78 Å². The van der Waals surface area contributed by atoms with E-state index in [-0.39, 0.29) is 24.6 Å². The number of nitrogens with one attached hydrogen (secondary N) is 2. The molecule has 22 heavy (non-hydrogen) atoms. The zero-order chi connectivity index (χ0) is 15.9. The molecule has 0 aliphatic rings. The fourth-order valence-electron chi connectivity index (χ4n) is 1.62. The van der Waals surface area contributed by atoms with Crippen LogP contribution in [0.1, 0.15) is 20.3 Å². The van der Waals surface area contributed by atoms with Gasteiger partial charge in [0, 0.05) is 11.4 Å². The minimum absolute atomic E-state index is 0.177. The SMILES string of the molecule is C=CCNC(=O)C(=O)NCc1ccc(C(=O)c2ccco2)s1. The number of hydrogen-bond donors (Lipinski definition) is 2. The maximum absolute atomic E-state index is 12.0. The number of carbonyl (C=O) groups is 3. The summed E-state index contributed by atoms with van der Waals surface area (Å²) in [6.45, 7) is 3.85. The second kappa shape index (κ2) is 7.37. The number of thiophene rings is 1. The molecule has 2 aromatic heterocycles. The van der Waals surface area contributed by atoms with Crippen LogP contribution in [0.15, 0.2) is 47.6 Å². The predicted octanol–water partition coefficient (Wildman–Crippen LogP) is 1.49. The first-order chi connectivity index (χ1) is 10.6. The molecule has 114 valence electrons. The summed E-state index contributed by atoms with van der Waals surface area (Å²) in [6, 6.07) is 6.62. The minimum Gasteiger partial charge on any atom is -0.461 e. The average molecular weight is 318 g/mol. The van der Waals surface area contributed by atoms with Crippen LogP contribution < -0.4 is 10.6 Å². The van der Waals surface area contributed by atoms with Gasteiger partial charge in [0.05, 0.1) is 17.7 Å². The van der Waals surface area contributed by atoms with Crippen molar-refractivity contribution in [2.75, 3.05) is 6.54 Å². The number of rotatable bonds is 6. The maximum Gasteiger partial charge on any atom is 0.309 e. The Morgan fingerprint density at radius 1 is 1.18 bits per heavy atom. The summed E-state index contributed by atoms with van der Waals surface area (Å²) < 4.78 is 5.05. The highest BCUT2D eigenvalue weighted by molar-refractivity contribution is 7.14. The number of ketones is 1. The van der Waals surface area contributed by atoms with Gasteiger partial charge < -0.3 is 15.1 Å². The van der Waals surface area contributed by atoms with Crippen molar-refractivity contribution in [1.82, 2.24) is 10.6 Å². The molecule has 0 unspecified atom stereocenters. The standard InChI is InChI=1S/C15H14N2O4S/c1-2-7-16-14(19)15(20)17-9-10-5-6-12(22-10)13(18)11-4-3-8-21-11/h2-6,8H,1,7,9H2,(H,16,19)(H,17,20). The number of hydrogen-bond acceptors (Lipinski definition) is 5. The zero-order valence-electron chi connectivity index (χ0n) is 11.6.